The van der Waals surface area contributed by atoms with Gasteiger partial charge in [-0.2, -0.15) is 0 Å². The highest BCUT2D eigenvalue weighted by molar-refractivity contribution is 6.15. The Morgan fingerprint density at radius 2 is 2.00 bits per heavy atom. The van der Waals surface area contributed by atoms with Crippen LogP contribution in [0, 0.1) is 11.8 Å². The molecule has 1 aliphatic heterocycles. The third kappa shape index (κ3) is 3.64. The normalized spacial score (nSPS) is 12.9. The molecule has 1 aromatic rings. The Hall–Kier alpha value is -2.81. The van der Waals surface area contributed by atoms with Crippen LogP contribution in [0.4, 0.5) is 4.79 Å². The summed E-state index contributed by atoms with van der Waals surface area (Å²) >= 11 is 0. The number of hydrogen-bond donors (Lipinski definition) is 1. The first-order chi connectivity index (χ1) is 10.3. The monoisotopic (exact) mass is 301 g/mol. The van der Waals surface area contributed by atoms with E-state index in [2.05, 4.69) is 21.9 Å². The van der Waals surface area contributed by atoms with Crippen molar-refractivity contribution in [1.29, 1.82) is 0 Å². The third-order valence-corrected chi connectivity index (χ3v) is 2.62. The second-order valence-corrected chi connectivity index (χ2v) is 5.56. The highest BCUT2D eigenvalue weighted by Gasteiger charge is 2.31. The standard InChI is InChI=1S/C16H15NO5/c1-16(2,3)22-15(20)17-9-5-7-10-6-4-8-11-12(10)14(19)21-13(11)18/h4,6,8H,9H2,1-3H3,(H,17,20). The van der Waals surface area contributed by atoms with Gasteiger partial charge in [-0.15, -0.1) is 0 Å². The van der Waals surface area contributed by atoms with Crippen molar-refractivity contribution in [1.82, 2.24) is 5.32 Å². The molecule has 0 radical (unpaired) electrons. The number of ether oxygens (including phenoxy) is 2. The minimum Gasteiger partial charge on any atom is -0.444 e. The van der Waals surface area contributed by atoms with E-state index in [4.69, 9.17) is 4.74 Å². The summed E-state index contributed by atoms with van der Waals surface area (Å²) in [6.07, 6.45) is -0.574. The summed E-state index contributed by atoms with van der Waals surface area (Å²) in [5, 5.41) is 2.48. The smallest absolute Gasteiger partial charge is 0.408 e. The minimum atomic E-state index is -0.704. The van der Waals surface area contributed by atoms with Gasteiger partial charge in [-0.05, 0) is 32.9 Å². The largest absolute Gasteiger partial charge is 0.444 e. The van der Waals surface area contributed by atoms with E-state index in [1.54, 1.807) is 32.9 Å². The Bertz CT molecular complexity index is 703. The van der Waals surface area contributed by atoms with Crippen LogP contribution in [-0.2, 0) is 9.47 Å². The van der Waals surface area contributed by atoms with Gasteiger partial charge >= 0.3 is 18.0 Å². The maximum atomic E-state index is 11.6. The van der Waals surface area contributed by atoms with Crippen molar-refractivity contribution in [3.63, 3.8) is 0 Å². The van der Waals surface area contributed by atoms with Crippen LogP contribution in [-0.4, -0.2) is 30.2 Å². The summed E-state index contributed by atoms with van der Waals surface area (Å²) in [5.41, 5.74) is 0.176. The molecule has 0 spiro atoms. The molecule has 1 aromatic carbocycles. The molecular formula is C16H15NO5. The second kappa shape index (κ2) is 5.90. The quantitative estimate of drug-likeness (QED) is 0.486. The minimum absolute atomic E-state index is 0.0571. The fourth-order valence-electron chi connectivity index (χ4n) is 1.81. The Kier molecular flexibility index (Phi) is 4.18. The molecule has 114 valence electrons. The van der Waals surface area contributed by atoms with Crippen molar-refractivity contribution in [2.45, 2.75) is 26.4 Å². The highest BCUT2D eigenvalue weighted by Crippen LogP contribution is 2.22. The Balaban J connectivity index is 2.04. The number of fused-ring (bicyclic) bond motifs is 1. The van der Waals surface area contributed by atoms with E-state index in [9.17, 15) is 14.4 Å². The van der Waals surface area contributed by atoms with Gasteiger partial charge in [0.1, 0.15) is 5.60 Å². The fourth-order valence-corrected chi connectivity index (χ4v) is 1.81. The summed E-state index contributed by atoms with van der Waals surface area (Å²) in [6.45, 7) is 5.33. The zero-order valence-corrected chi connectivity index (χ0v) is 12.5. The molecule has 0 atom stereocenters. The number of cyclic esters (lactones) is 2. The molecule has 1 amide bonds. The Morgan fingerprint density at radius 1 is 1.27 bits per heavy atom. The lowest BCUT2D eigenvalue weighted by atomic mass is 10.0. The molecule has 0 saturated carbocycles. The molecule has 0 bridgehead atoms. The SMILES string of the molecule is CC(C)(C)OC(=O)NCC#Cc1cccc2c1C(=O)OC2=O. The van der Waals surface area contributed by atoms with Gasteiger partial charge in [0.2, 0.25) is 0 Å². The molecule has 6 nitrogen and oxygen atoms in total. The lowest BCUT2D eigenvalue weighted by Crippen LogP contribution is -2.32. The number of benzene rings is 1. The molecule has 0 aliphatic carbocycles. The molecular weight excluding hydrogens is 286 g/mol. The van der Waals surface area contributed by atoms with Gasteiger partial charge in [-0.1, -0.05) is 17.9 Å². The summed E-state index contributed by atoms with van der Waals surface area (Å²) in [6, 6.07) is 4.73. The van der Waals surface area contributed by atoms with Crippen molar-refractivity contribution < 1.29 is 23.9 Å². The van der Waals surface area contributed by atoms with Gasteiger partial charge in [0.15, 0.2) is 0 Å². The van der Waals surface area contributed by atoms with Gasteiger partial charge in [-0.3, -0.25) is 0 Å². The lowest BCUT2D eigenvalue weighted by Gasteiger charge is -2.19. The van der Waals surface area contributed by atoms with Crippen molar-refractivity contribution >= 4 is 18.0 Å². The van der Waals surface area contributed by atoms with Crippen LogP contribution in [0.5, 0.6) is 0 Å². The van der Waals surface area contributed by atoms with E-state index in [1.165, 1.54) is 6.07 Å². The van der Waals surface area contributed by atoms with Crippen LogP contribution < -0.4 is 5.32 Å². The van der Waals surface area contributed by atoms with Crippen LogP contribution in [0.2, 0.25) is 0 Å². The van der Waals surface area contributed by atoms with Crippen molar-refractivity contribution in [3.05, 3.63) is 34.9 Å². The Morgan fingerprint density at radius 3 is 2.68 bits per heavy atom. The zero-order valence-electron chi connectivity index (χ0n) is 12.5. The van der Waals surface area contributed by atoms with Gasteiger partial charge in [-0.25, -0.2) is 14.4 Å². The maximum Gasteiger partial charge on any atom is 0.408 e. The zero-order chi connectivity index (χ0) is 16.3. The number of rotatable bonds is 1. The topological polar surface area (TPSA) is 81.7 Å². The second-order valence-electron chi connectivity index (χ2n) is 5.56. The summed E-state index contributed by atoms with van der Waals surface area (Å²) in [7, 11) is 0. The van der Waals surface area contributed by atoms with Crippen molar-refractivity contribution in [2.24, 2.45) is 0 Å². The predicted octanol–water partition coefficient (Wildman–Crippen LogP) is 1.87. The fraction of sp³-hybridized carbons (Fsp3) is 0.312. The van der Waals surface area contributed by atoms with Gasteiger partial charge in [0.25, 0.3) is 0 Å². The van der Waals surface area contributed by atoms with Crippen LogP contribution in [0.25, 0.3) is 0 Å². The molecule has 1 aliphatic rings. The first-order valence-electron chi connectivity index (χ1n) is 6.63. The van der Waals surface area contributed by atoms with Gasteiger partial charge < -0.3 is 14.8 Å². The molecule has 2 rings (SSSR count). The molecule has 6 heteroatoms. The van der Waals surface area contributed by atoms with Crippen molar-refractivity contribution in [3.8, 4) is 11.8 Å². The lowest BCUT2D eigenvalue weighted by molar-refractivity contribution is 0.0441. The molecule has 0 saturated heterocycles. The van der Waals surface area contributed by atoms with E-state index >= 15 is 0 Å². The average Bonchev–Trinajstić information content (AvgIpc) is 2.69. The predicted molar refractivity (Wildman–Crippen MR) is 77.3 cm³/mol. The molecule has 1 N–H and O–H groups in total. The van der Waals surface area contributed by atoms with Crippen LogP contribution >= 0.6 is 0 Å². The van der Waals surface area contributed by atoms with E-state index in [0.29, 0.717) is 5.56 Å². The first-order valence-corrected chi connectivity index (χ1v) is 6.63. The average molecular weight is 301 g/mol. The molecule has 0 aromatic heterocycles. The molecule has 22 heavy (non-hydrogen) atoms. The summed E-state index contributed by atoms with van der Waals surface area (Å²) in [5.74, 6) is 4.07. The molecule has 1 heterocycles. The summed E-state index contributed by atoms with van der Waals surface area (Å²) in [4.78, 5) is 34.4. The Labute approximate surface area is 127 Å². The van der Waals surface area contributed by atoms with Gasteiger partial charge in [0, 0.05) is 5.56 Å². The number of nitrogens with one attached hydrogen (secondary N) is 1. The maximum absolute atomic E-state index is 11.6. The van der Waals surface area contributed by atoms with Crippen LogP contribution in [0.3, 0.4) is 0 Å². The number of esters is 2. The van der Waals surface area contributed by atoms with Crippen LogP contribution in [0.1, 0.15) is 47.1 Å². The number of amides is 1. The highest BCUT2D eigenvalue weighted by atomic mass is 16.6. The van der Waals surface area contributed by atoms with E-state index in [-0.39, 0.29) is 17.7 Å². The van der Waals surface area contributed by atoms with Crippen LogP contribution in [0.15, 0.2) is 18.2 Å². The number of alkyl carbamates (subject to hydrolysis) is 1. The number of carbonyl (C=O) groups excluding carboxylic acids is 3. The molecule has 0 unspecified atom stereocenters. The number of carbonyl (C=O) groups is 3. The number of hydrogen-bond acceptors (Lipinski definition) is 5. The van der Waals surface area contributed by atoms with E-state index < -0.39 is 23.6 Å². The van der Waals surface area contributed by atoms with E-state index in [0.717, 1.165) is 0 Å². The van der Waals surface area contributed by atoms with Crippen molar-refractivity contribution in [2.75, 3.05) is 6.54 Å². The summed E-state index contributed by atoms with van der Waals surface area (Å²) < 4.78 is 9.59. The molecule has 0 fully saturated rings. The third-order valence-electron chi connectivity index (χ3n) is 2.62. The first kappa shape index (κ1) is 15.6. The van der Waals surface area contributed by atoms with E-state index in [1.807, 2.05) is 0 Å². The van der Waals surface area contributed by atoms with Gasteiger partial charge in [0.05, 0.1) is 17.7 Å².